The van der Waals surface area contributed by atoms with E-state index >= 15 is 0 Å². The lowest BCUT2D eigenvalue weighted by molar-refractivity contribution is 0.0902. The monoisotopic (exact) mass is 473 g/mol. The zero-order chi connectivity index (χ0) is 23.7. The molecule has 2 aliphatic rings. The number of piperazine rings is 1. The molecule has 0 bridgehead atoms. The minimum atomic E-state index is -0.393. The molecule has 8 heteroatoms. The Morgan fingerprint density at radius 2 is 1.50 bits per heavy atom. The van der Waals surface area contributed by atoms with Gasteiger partial charge in [-0.05, 0) is 23.6 Å². The van der Waals surface area contributed by atoms with Gasteiger partial charge in [0.05, 0.1) is 17.7 Å². The van der Waals surface area contributed by atoms with E-state index in [9.17, 15) is 14.4 Å². The van der Waals surface area contributed by atoms with E-state index in [4.69, 9.17) is 4.74 Å². The van der Waals surface area contributed by atoms with Gasteiger partial charge in [-0.2, -0.15) is 0 Å². The average Bonchev–Trinajstić information content (AvgIpc) is 3.43. The van der Waals surface area contributed by atoms with Crippen LogP contribution in [-0.4, -0.2) is 55.7 Å². The number of amides is 1. The van der Waals surface area contributed by atoms with Gasteiger partial charge < -0.3 is 19.9 Å². The number of carbonyl (C=O) groups is 3. The highest BCUT2D eigenvalue weighted by Crippen LogP contribution is 2.31. The first kappa shape index (κ1) is 21.9. The molecule has 0 saturated carbocycles. The van der Waals surface area contributed by atoms with E-state index in [1.807, 2.05) is 29.2 Å². The highest BCUT2D eigenvalue weighted by molar-refractivity contribution is 7.12. The van der Waals surface area contributed by atoms with Gasteiger partial charge in [0.1, 0.15) is 17.1 Å². The number of Topliss-reactive ketones (excluding diaryl/α,β-unsaturated/α-hetero) is 2. The molecule has 1 saturated heterocycles. The summed E-state index contributed by atoms with van der Waals surface area (Å²) in [6, 6.07) is 18.0. The van der Waals surface area contributed by atoms with Crippen molar-refractivity contribution in [2.24, 2.45) is 0 Å². The summed E-state index contributed by atoms with van der Waals surface area (Å²) in [5.41, 5.74) is 1.97. The number of para-hydroxylation sites is 2. The van der Waals surface area contributed by atoms with Gasteiger partial charge in [0.15, 0.2) is 0 Å². The number of methoxy groups -OCH3 is 1. The molecule has 0 atom stereocenters. The molecule has 1 aromatic heterocycles. The molecule has 34 heavy (non-hydrogen) atoms. The first-order valence-corrected chi connectivity index (χ1v) is 11.9. The van der Waals surface area contributed by atoms with Crippen molar-refractivity contribution in [3.8, 4) is 5.75 Å². The Balaban J connectivity index is 1.47. The quantitative estimate of drug-likeness (QED) is 0.610. The third-order valence-electron chi connectivity index (χ3n) is 6.10. The molecule has 5 rings (SSSR count). The summed E-state index contributed by atoms with van der Waals surface area (Å²) in [6.07, 6.45) is 0. The van der Waals surface area contributed by atoms with Crippen molar-refractivity contribution in [3.05, 3.63) is 93.4 Å². The first-order chi connectivity index (χ1) is 16.6. The number of carbonyl (C=O) groups excluding carboxylic acids is 3. The number of thiophene rings is 1. The van der Waals surface area contributed by atoms with Crippen LogP contribution in [-0.2, 0) is 0 Å². The maximum atomic E-state index is 13.6. The lowest BCUT2D eigenvalue weighted by Crippen LogP contribution is -2.49. The summed E-state index contributed by atoms with van der Waals surface area (Å²) in [7, 11) is 1.65. The van der Waals surface area contributed by atoms with Gasteiger partial charge in [0.25, 0.3) is 5.91 Å². The Kier molecular flexibility index (Phi) is 5.90. The van der Waals surface area contributed by atoms with E-state index in [-0.39, 0.29) is 23.0 Å². The second-order valence-electron chi connectivity index (χ2n) is 8.00. The molecule has 0 unspecified atom stereocenters. The second-order valence-corrected chi connectivity index (χ2v) is 8.95. The molecule has 7 nitrogen and oxygen atoms in total. The molecule has 2 aromatic carbocycles. The minimum absolute atomic E-state index is 0.0489. The summed E-state index contributed by atoms with van der Waals surface area (Å²) in [5, 5.41) is 4.55. The highest BCUT2D eigenvalue weighted by atomic mass is 32.1. The normalized spacial score (nSPS) is 15.9. The van der Waals surface area contributed by atoms with Gasteiger partial charge >= 0.3 is 0 Å². The van der Waals surface area contributed by atoms with Gasteiger partial charge in [-0.25, -0.2) is 0 Å². The number of nitrogens with one attached hydrogen (secondary N) is 1. The molecule has 0 radical (unpaired) electrons. The van der Waals surface area contributed by atoms with Crippen LogP contribution >= 0.6 is 11.3 Å². The number of benzene rings is 2. The third kappa shape index (κ3) is 3.86. The van der Waals surface area contributed by atoms with Crippen molar-refractivity contribution in [3.63, 3.8) is 0 Å². The Morgan fingerprint density at radius 1 is 0.853 bits per heavy atom. The fourth-order valence-electron chi connectivity index (χ4n) is 4.42. The smallest absolute Gasteiger partial charge is 0.265 e. The number of ketones is 2. The van der Waals surface area contributed by atoms with Crippen molar-refractivity contribution in [1.82, 2.24) is 10.2 Å². The van der Waals surface area contributed by atoms with Crippen LogP contribution in [0.4, 0.5) is 5.69 Å². The van der Waals surface area contributed by atoms with Crippen LogP contribution in [0.2, 0.25) is 0 Å². The molecule has 1 N–H and O–H groups in total. The molecule has 2 heterocycles. The summed E-state index contributed by atoms with van der Waals surface area (Å²) in [6.45, 7) is 2.32. The van der Waals surface area contributed by atoms with Crippen molar-refractivity contribution in [2.45, 2.75) is 0 Å². The summed E-state index contributed by atoms with van der Waals surface area (Å²) in [4.78, 5) is 44.4. The summed E-state index contributed by atoms with van der Waals surface area (Å²) < 4.78 is 5.50. The van der Waals surface area contributed by atoms with E-state index in [2.05, 4.69) is 10.2 Å². The van der Waals surface area contributed by atoms with Crippen LogP contribution in [0.1, 0.15) is 30.4 Å². The number of nitrogens with zero attached hydrogens (tertiary/aromatic N) is 2. The minimum Gasteiger partial charge on any atom is -0.495 e. The Labute approximate surface area is 201 Å². The summed E-state index contributed by atoms with van der Waals surface area (Å²) in [5.74, 6) is -0.197. The molecule has 1 aliphatic carbocycles. The second kappa shape index (κ2) is 9.15. The van der Waals surface area contributed by atoms with E-state index in [0.717, 1.165) is 11.4 Å². The van der Waals surface area contributed by atoms with Crippen LogP contribution in [0.15, 0.2) is 77.4 Å². The van der Waals surface area contributed by atoms with E-state index in [0.29, 0.717) is 42.2 Å². The molecule has 3 aromatic rings. The maximum Gasteiger partial charge on any atom is 0.265 e. The predicted molar refractivity (Wildman–Crippen MR) is 131 cm³/mol. The number of allylic oxidation sites excluding steroid dienone is 2. The number of anilines is 1. The molecule has 0 spiro atoms. The van der Waals surface area contributed by atoms with E-state index in [1.165, 1.54) is 11.3 Å². The van der Waals surface area contributed by atoms with Crippen molar-refractivity contribution in [2.75, 3.05) is 38.2 Å². The van der Waals surface area contributed by atoms with E-state index in [1.54, 1.807) is 48.9 Å². The molecule has 1 fully saturated rings. The largest absolute Gasteiger partial charge is 0.495 e. The van der Waals surface area contributed by atoms with Gasteiger partial charge in [0.2, 0.25) is 11.6 Å². The lowest BCUT2D eigenvalue weighted by atomic mass is 9.89. The van der Waals surface area contributed by atoms with Gasteiger partial charge in [-0.1, -0.05) is 42.5 Å². The topological polar surface area (TPSA) is 79.0 Å². The van der Waals surface area contributed by atoms with E-state index < -0.39 is 5.91 Å². The number of hydrogen-bond acceptors (Lipinski definition) is 7. The average molecular weight is 474 g/mol. The van der Waals surface area contributed by atoms with Crippen molar-refractivity contribution < 1.29 is 19.1 Å². The fourth-order valence-corrected chi connectivity index (χ4v) is 5.04. The Morgan fingerprint density at radius 3 is 2.18 bits per heavy atom. The molecular weight excluding hydrogens is 450 g/mol. The number of rotatable bonds is 5. The van der Waals surface area contributed by atoms with Crippen LogP contribution < -0.4 is 15.0 Å². The Hall–Kier alpha value is -3.91. The highest BCUT2D eigenvalue weighted by Gasteiger charge is 2.37. The first-order valence-electron chi connectivity index (χ1n) is 11.0. The van der Waals surface area contributed by atoms with Crippen LogP contribution in [0.3, 0.4) is 0 Å². The molecule has 172 valence electrons. The number of ether oxygens (including phenoxy) is 1. The lowest BCUT2D eigenvalue weighted by Gasteiger charge is -2.39. The van der Waals surface area contributed by atoms with Gasteiger partial charge in [-0.3, -0.25) is 14.4 Å². The third-order valence-corrected chi connectivity index (χ3v) is 6.97. The van der Waals surface area contributed by atoms with Gasteiger partial charge in [0, 0.05) is 37.3 Å². The molecule has 1 amide bonds. The maximum absolute atomic E-state index is 13.6. The predicted octanol–water partition coefficient (Wildman–Crippen LogP) is 3.60. The zero-order valence-electron chi connectivity index (χ0n) is 18.6. The SMILES string of the molecule is COc1ccccc1N1CCN(C2=C(NC(=O)c3cccs3)C(=O)c3ccccc3C2=O)CC1. The van der Waals surface area contributed by atoms with Crippen LogP contribution in [0.5, 0.6) is 5.75 Å². The van der Waals surface area contributed by atoms with Crippen molar-refractivity contribution >= 4 is 34.5 Å². The molecule has 1 aliphatic heterocycles. The van der Waals surface area contributed by atoms with Crippen molar-refractivity contribution in [1.29, 1.82) is 0 Å². The molecular formula is C26H23N3O4S. The van der Waals surface area contributed by atoms with Crippen LogP contribution in [0.25, 0.3) is 0 Å². The van der Waals surface area contributed by atoms with Crippen LogP contribution in [0, 0.1) is 0 Å². The Bertz CT molecular complexity index is 1290. The fraction of sp³-hybridized carbons (Fsp3) is 0.192. The van der Waals surface area contributed by atoms with Gasteiger partial charge in [-0.15, -0.1) is 11.3 Å². The summed E-state index contributed by atoms with van der Waals surface area (Å²) >= 11 is 1.28. The standard InChI is InChI=1S/C26H23N3O4S/c1-33-20-10-5-4-9-19(20)28-12-14-29(15-13-28)23-22(27-26(32)21-11-6-16-34-21)24(30)17-7-2-3-8-18(17)25(23)31/h2-11,16H,12-15H2,1H3,(H,27,32). The zero-order valence-corrected chi connectivity index (χ0v) is 19.4. The number of fused-ring (bicyclic) bond motifs is 1. The number of hydrogen-bond donors (Lipinski definition) is 1.